The lowest BCUT2D eigenvalue weighted by Crippen LogP contribution is -2.46. The van der Waals surface area contributed by atoms with Gasteiger partial charge in [-0.2, -0.15) is 0 Å². The molecule has 0 saturated heterocycles. The number of nitrogens with one attached hydrogen (secondary N) is 2. The molecule has 0 radical (unpaired) electrons. The monoisotopic (exact) mass is 420 g/mol. The van der Waals surface area contributed by atoms with E-state index in [-0.39, 0.29) is 17.9 Å². The second kappa shape index (κ2) is 8.35. The molecular formula is C21H28N2O3S2. The van der Waals surface area contributed by atoms with Gasteiger partial charge in [0.2, 0.25) is 15.9 Å². The van der Waals surface area contributed by atoms with Crippen LogP contribution in [0.15, 0.2) is 41.8 Å². The minimum absolute atomic E-state index is 0.0148. The zero-order valence-corrected chi connectivity index (χ0v) is 18.2. The van der Waals surface area contributed by atoms with Crippen LogP contribution in [0.3, 0.4) is 0 Å². The quantitative estimate of drug-likeness (QED) is 0.740. The van der Waals surface area contributed by atoms with Crippen LogP contribution >= 0.6 is 11.3 Å². The van der Waals surface area contributed by atoms with Crippen molar-refractivity contribution in [3.63, 3.8) is 0 Å². The van der Waals surface area contributed by atoms with Gasteiger partial charge in [-0.3, -0.25) is 4.79 Å². The normalized spacial score (nSPS) is 20.7. The van der Waals surface area contributed by atoms with Crippen LogP contribution < -0.4 is 10.0 Å². The molecule has 3 rings (SSSR count). The van der Waals surface area contributed by atoms with Gasteiger partial charge in [-0.15, -0.1) is 11.3 Å². The van der Waals surface area contributed by atoms with Crippen molar-refractivity contribution in [2.24, 2.45) is 5.92 Å². The first kappa shape index (κ1) is 21.0. The van der Waals surface area contributed by atoms with Crippen LogP contribution in [0.1, 0.15) is 46.5 Å². The molecule has 1 aromatic carbocycles. The maximum absolute atomic E-state index is 12.6. The highest BCUT2D eigenvalue weighted by Crippen LogP contribution is 2.29. The molecule has 152 valence electrons. The molecule has 5 nitrogen and oxygen atoms in total. The molecule has 1 aliphatic rings. The summed E-state index contributed by atoms with van der Waals surface area (Å²) in [5, 5.41) is 5.04. The van der Waals surface area contributed by atoms with E-state index in [9.17, 15) is 13.2 Å². The summed E-state index contributed by atoms with van der Waals surface area (Å²) in [7, 11) is -3.36. The second-order valence-corrected chi connectivity index (χ2v) is 11.7. The molecule has 1 heterocycles. The first-order valence-electron chi connectivity index (χ1n) is 9.62. The van der Waals surface area contributed by atoms with E-state index in [4.69, 9.17) is 0 Å². The van der Waals surface area contributed by atoms with Crippen molar-refractivity contribution in [2.45, 2.75) is 57.2 Å². The van der Waals surface area contributed by atoms with Gasteiger partial charge in [0, 0.05) is 22.5 Å². The van der Waals surface area contributed by atoms with Crippen molar-refractivity contribution in [3.05, 3.63) is 41.8 Å². The first-order valence-corrected chi connectivity index (χ1v) is 12.0. The Hall–Kier alpha value is -1.70. The van der Waals surface area contributed by atoms with Gasteiger partial charge >= 0.3 is 0 Å². The first-order chi connectivity index (χ1) is 13.2. The van der Waals surface area contributed by atoms with Crippen molar-refractivity contribution in [1.82, 2.24) is 4.72 Å². The number of amides is 1. The molecular weight excluding hydrogens is 392 g/mol. The second-order valence-electron chi connectivity index (χ2n) is 8.33. The fourth-order valence-electron chi connectivity index (χ4n) is 3.27. The SMILES string of the molecule is CC(C)(C)S(=O)(=O)NC1CCC(C(=O)Nc2ccc(-c3cccs3)cc2)CC1. The molecule has 0 spiro atoms. The number of carbonyl (C=O) groups is 1. The molecule has 1 aliphatic carbocycles. The van der Waals surface area contributed by atoms with Gasteiger partial charge in [0.15, 0.2) is 0 Å². The largest absolute Gasteiger partial charge is 0.326 e. The maximum atomic E-state index is 12.6. The molecule has 0 atom stereocenters. The summed E-state index contributed by atoms with van der Waals surface area (Å²) in [6.45, 7) is 5.08. The topological polar surface area (TPSA) is 75.3 Å². The summed E-state index contributed by atoms with van der Waals surface area (Å²) >= 11 is 1.69. The molecule has 2 N–H and O–H groups in total. The summed E-state index contributed by atoms with van der Waals surface area (Å²) in [4.78, 5) is 13.8. The number of sulfonamides is 1. The molecule has 1 saturated carbocycles. The molecule has 1 fully saturated rings. The van der Waals surface area contributed by atoms with Gasteiger partial charge in [-0.25, -0.2) is 13.1 Å². The number of hydrogen-bond acceptors (Lipinski definition) is 4. The Morgan fingerprint density at radius 2 is 1.68 bits per heavy atom. The van der Waals surface area contributed by atoms with Crippen molar-refractivity contribution < 1.29 is 13.2 Å². The molecule has 7 heteroatoms. The zero-order chi connectivity index (χ0) is 20.4. The van der Waals surface area contributed by atoms with Gasteiger partial charge in [-0.1, -0.05) is 18.2 Å². The Morgan fingerprint density at radius 1 is 1.04 bits per heavy atom. The van der Waals surface area contributed by atoms with E-state index in [1.54, 1.807) is 32.1 Å². The number of thiophene rings is 1. The number of anilines is 1. The lowest BCUT2D eigenvalue weighted by molar-refractivity contribution is -0.120. The van der Waals surface area contributed by atoms with Crippen molar-refractivity contribution >= 4 is 33.0 Å². The number of carbonyl (C=O) groups excluding carboxylic acids is 1. The van der Waals surface area contributed by atoms with E-state index in [1.165, 1.54) is 4.88 Å². The summed E-state index contributed by atoms with van der Waals surface area (Å²) in [5.41, 5.74) is 1.93. The highest BCUT2D eigenvalue weighted by atomic mass is 32.2. The third-order valence-electron chi connectivity index (χ3n) is 5.18. The van der Waals surface area contributed by atoms with E-state index < -0.39 is 14.8 Å². The molecule has 0 unspecified atom stereocenters. The van der Waals surface area contributed by atoms with Crippen LogP contribution in [0.25, 0.3) is 10.4 Å². The molecule has 1 aromatic heterocycles. The minimum atomic E-state index is -3.36. The van der Waals surface area contributed by atoms with E-state index in [2.05, 4.69) is 16.1 Å². The number of hydrogen-bond donors (Lipinski definition) is 2. The van der Waals surface area contributed by atoms with Crippen LogP contribution in [0.2, 0.25) is 0 Å². The number of rotatable bonds is 5. The number of benzene rings is 1. The minimum Gasteiger partial charge on any atom is -0.326 e. The van der Waals surface area contributed by atoms with Gasteiger partial charge < -0.3 is 5.32 Å². The standard InChI is InChI=1S/C21H28N2O3S2/c1-21(2,3)28(25,26)23-18-12-8-16(9-13-18)20(24)22-17-10-6-15(7-11-17)19-5-4-14-27-19/h4-7,10-11,14,16,18,23H,8-9,12-13H2,1-3H3,(H,22,24). The van der Waals surface area contributed by atoms with Crippen LogP contribution in [-0.2, 0) is 14.8 Å². The lowest BCUT2D eigenvalue weighted by Gasteiger charge is -2.30. The summed E-state index contributed by atoms with van der Waals surface area (Å²) in [6, 6.07) is 11.9. The van der Waals surface area contributed by atoms with Crippen LogP contribution in [0.5, 0.6) is 0 Å². The van der Waals surface area contributed by atoms with E-state index in [0.717, 1.165) is 11.3 Å². The van der Waals surface area contributed by atoms with Crippen molar-refractivity contribution in [3.8, 4) is 10.4 Å². The van der Waals surface area contributed by atoms with E-state index in [0.29, 0.717) is 25.7 Å². The molecule has 0 aliphatic heterocycles. The Kier molecular flexibility index (Phi) is 6.27. The van der Waals surface area contributed by atoms with Gasteiger partial charge in [0.25, 0.3) is 0 Å². The summed E-state index contributed by atoms with van der Waals surface area (Å²) < 4.78 is 26.6. The lowest BCUT2D eigenvalue weighted by atomic mass is 9.86. The highest BCUT2D eigenvalue weighted by molar-refractivity contribution is 7.90. The Labute approximate surface area is 171 Å². The fraction of sp³-hybridized carbons (Fsp3) is 0.476. The molecule has 0 bridgehead atoms. The van der Waals surface area contributed by atoms with Crippen LogP contribution in [0, 0.1) is 5.92 Å². The third-order valence-corrected chi connectivity index (χ3v) is 8.36. The smallest absolute Gasteiger partial charge is 0.227 e. The Morgan fingerprint density at radius 3 is 2.21 bits per heavy atom. The average molecular weight is 421 g/mol. The van der Waals surface area contributed by atoms with Crippen LogP contribution in [0.4, 0.5) is 5.69 Å². The third kappa shape index (κ3) is 5.01. The van der Waals surface area contributed by atoms with Crippen LogP contribution in [-0.4, -0.2) is 25.1 Å². The predicted octanol–water partition coefficient (Wildman–Crippen LogP) is 4.63. The maximum Gasteiger partial charge on any atom is 0.227 e. The molecule has 28 heavy (non-hydrogen) atoms. The highest BCUT2D eigenvalue weighted by Gasteiger charge is 2.34. The van der Waals surface area contributed by atoms with E-state index >= 15 is 0 Å². The van der Waals surface area contributed by atoms with Gasteiger partial charge in [0.1, 0.15) is 0 Å². The average Bonchev–Trinajstić information content (AvgIpc) is 3.16. The fourth-order valence-corrected chi connectivity index (χ4v) is 5.04. The predicted molar refractivity (Wildman–Crippen MR) is 116 cm³/mol. The zero-order valence-electron chi connectivity index (χ0n) is 16.6. The Balaban J connectivity index is 1.51. The summed E-state index contributed by atoms with van der Waals surface area (Å²) in [6.07, 6.45) is 2.75. The van der Waals surface area contributed by atoms with Crippen molar-refractivity contribution in [2.75, 3.05) is 5.32 Å². The molecule has 2 aromatic rings. The molecule has 1 amide bonds. The van der Waals surface area contributed by atoms with Gasteiger partial charge in [0.05, 0.1) is 4.75 Å². The summed E-state index contributed by atoms with van der Waals surface area (Å²) in [5.74, 6) is -0.0617. The van der Waals surface area contributed by atoms with Crippen molar-refractivity contribution in [1.29, 1.82) is 0 Å². The van der Waals surface area contributed by atoms with Gasteiger partial charge in [-0.05, 0) is 75.6 Å². The van der Waals surface area contributed by atoms with E-state index in [1.807, 2.05) is 35.7 Å². The Bertz CT molecular complexity index is 890.